The smallest absolute Gasteiger partial charge is 0.0671 e. The summed E-state index contributed by atoms with van der Waals surface area (Å²) in [7, 11) is 0. The lowest BCUT2D eigenvalue weighted by Crippen LogP contribution is -2.15. The highest BCUT2D eigenvalue weighted by Gasteiger charge is 2.28. The van der Waals surface area contributed by atoms with Gasteiger partial charge in [0, 0.05) is 17.5 Å². The lowest BCUT2D eigenvalue weighted by Gasteiger charge is -2.32. The Kier molecular flexibility index (Phi) is 11.8. The van der Waals surface area contributed by atoms with Gasteiger partial charge in [0.1, 0.15) is 0 Å². The van der Waals surface area contributed by atoms with E-state index in [4.69, 9.17) is 4.99 Å². The second-order valence-corrected chi connectivity index (χ2v) is 15.5. The van der Waals surface area contributed by atoms with Crippen LogP contribution in [0.1, 0.15) is 110 Å². The fraction of sp³-hybridized carbons (Fsp3) is 0.218. The number of hydrogen-bond donors (Lipinski definition) is 0. The van der Waals surface area contributed by atoms with Gasteiger partial charge in [-0.25, -0.2) is 0 Å². The third-order valence-corrected chi connectivity index (χ3v) is 11.9. The molecule has 56 heavy (non-hydrogen) atoms. The molecule has 278 valence electrons. The van der Waals surface area contributed by atoms with E-state index in [1.807, 2.05) is 0 Å². The second kappa shape index (κ2) is 17.8. The van der Waals surface area contributed by atoms with Gasteiger partial charge in [-0.2, -0.15) is 0 Å². The van der Waals surface area contributed by atoms with Crippen molar-refractivity contribution in [1.82, 2.24) is 0 Å². The molecule has 3 atom stereocenters. The molecule has 0 saturated carbocycles. The maximum atomic E-state index is 5.37. The van der Waals surface area contributed by atoms with E-state index in [9.17, 15) is 0 Å². The summed E-state index contributed by atoms with van der Waals surface area (Å²) < 4.78 is 0. The van der Waals surface area contributed by atoms with Gasteiger partial charge < -0.3 is 0 Å². The van der Waals surface area contributed by atoms with E-state index in [1.54, 1.807) is 5.57 Å². The van der Waals surface area contributed by atoms with Gasteiger partial charge in [0.05, 0.1) is 5.70 Å². The Labute approximate surface area is 335 Å². The molecule has 3 aliphatic carbocycles. The van der Waals surface area contributed by atoms with Crippen molar-refractivity contribution in [2.24, 2.45) is 10.9 Å². The van der Waals surface area contributed by atoms with Crippen LogP contribution < -0.4 is 0 Å². The van der Waals surface area contributed by atoms with Gasteiger partial charge in [-0.3, -0.25) is 4.99 Å². The van der Waals surface area contributed by atoms with Crippen LogP contribution in [0.25, 0.3) is 16.8 Å². The molecule has 8 rings (SSSR count). The number of nitrogens with zero attached hydrogens (tertiary/aromatic N) is 1. The number of rotatable bonds is 10. The molecule has 5 aromatic carbocycles. The molecule has 1 heteroatoms. The highest BCUT2D eigenvalue weighted by atomic mass is 14.8. The van der Waals surface area contributed by atoms with Crippen molar-refractivity contribution in [3.8, 4) is 0 Å². The topological polar surface area (TPSA) is 12.4 Å². The first-order valence-electron chi connectivity index (χ1n) is 20.8. The van der Waals surface area contributed by atoms with Crippen molar-refractivity contribution < 1.29 is 0 Å². The fourth-order valence-corrected chi connectivity index (χ4v) is 8.83. The standard InChI is InChI=1S/C55H53N/c1-3-54(56-55(45-26-14-7-15-27-45)38-40(2)41-20-8-4-9-21-41)46-34-32-44(33-35-46)48-36-37-52(50-30-19-18-29-49(48)50)51-31-17-16-28-47(42-22-10-5-11-23-42)39-53(51)43-24-12-6-13-25-43/h4-12,14-15,17-23,26-27,29-36,38-40,43,52H,3,13,16,24-25,28,37H2,1-2H3/b31-17-,47-39+,53-51-,55-38-,56-54+. The van der Waals surface area contributed by atoms with Crippen LogP contribution in [0.2, 0.25) is 0 Å². The van der Waals surface area contributed by atoms with Gasteiger partial charge in [0.25, 0.3) is 0 Å². The number of hydrogen-bond acceptors (Lipinski definition) is 1. The quantitative estimate of drug-likeness (QED) is 0.100. The van der Waals surface area contributed by atoms with Gasteiger partial charge in [0.2, 0.25) is 0 Å². The second-order valence-electron chi connectivity index (χ2n) is 15.5. The van der Waals surface area contributed by atoms with Crippen molar-refractivity contribution in [2.45, 2.75) is 70.6 Å². The molecule has 1 nitrogen and oxygen atoms in total. The third-order valence-electron chi connectivity index (χ3n) is 11.9. The average Bonchev–Trinajstić information content (AvgIpc) is 3.26. The van der Waals surface area contributed by atoms with E-state index in [2.05, 4.69) is 196 Å². The van der Waals surface area contributed by atoms with Gasteiger partial charge in [-0.05, 0) is 112 Å². The van der Waals surface area contributed by atoms with Crippen LogP contribution in [0.4, 0.5) is 0 Å². The molecule has 0 aliphatic heterocycles. The molecule has 0 aromatic heterocycles. The number of aliphatic imine (C=N–C) groups is 1. The first-order valence-corrected chi connectivity index (χ1v) is 20.8. The zero-order valence-electron chi connectivity index (χ0n) is 32.9. The van der Waals surface area contributed by atoms with Crippen LogP contribution in [0.15, 0.2) is 198 Å². The monoisotopic (exact) mass is 727 g/mol. The Balaban J connectivity index is 1.13. The van der Waals surface area contributed by atoms with Crippen LogP contribution in [0.5, 0.6) is 0 Å². The summed E-state index contributed by atoms with van der Waals surface area (Å²) in [6.07, 6.45) is 24.6. The van der Waals surface area contributed by atoms with Crippen LogP contribution in [-0.2, 0) is 0 Å². The van der Waals surface area contributed by atoms with E-state index < -0.39 is 0 Å². The maximum Gasteiger partial charge on any atom is 0.0671 e. The summed E-state index contributed by atoms with van der Waals surface area (Å²) in [5, 5.41) is 0. The SMILES string of the molecule is CC/C(=N\C(=C/C(C)c1ccccc1)c1ccccc1)c1ccc(C2=CCC(C3=C(C4CC=CCC4)/C=C(/c4ccccc4)CC/C=C\3)c3ccccc32)cc1. The van der Waals surface area contributed by atoms with Gasteiger partial charge in [-0.15, -0.1) is 0 Å². The number of fused-ring (bicyclic) bond motifs is 1. The van der Waals surface area contributed by atoms with E-state index in [0.717, 1.165) is 55.5 Å². The molecule has 3 unspecified atom stereocenters. The molecule has 0 heterocycles. The summed E-state index contributed by atoms with van der Waals surface area (Å²) in [4.78, 5) is 5.37. The molecule has 0 amide bonds. The minimum absolute atomic E-state index is 0.240. The predicted octanol–water partition coefficient (Wildman–Crippen LogP) is 14.7. The normalized spacial score (nSPS) is 22.2. The van der Waals surface area contributed by atoms with Crippen molar-refractivity contribution in [2.75, 3.05) is 0 Å². The lowest BCUT2D eigenvalue weighted by molar-refractivity contribution is 0.554. The molecule has 0 saturated heterocycles. The summed E-state index contributed by atoms with van der Waals surface area (Å²) in [5.74, 6) is 1.09. The van der Waals surface area contributed by atoms with Crippen LogP contribution in [-0.4, -0.2) is 5.71 Å². The Hall–Kier alpha value is -5.79. The molecular weight excluding hydrogens is 675 g/mol. The molecule has 0 fully saturated rings. The largest absolute Gasteiger partial charge is 0.253 e. The summed E-state index contributed by atoms with van der Waals surface area (Å²) in [6, 6.07) is 50.7. The summed E-state index contributed by atoms with van der Waals surface area (Å²) >= 11 is 0. The number of benzene rings is 5. The zero-order chi connectivity index (χ0) is 38.1. The van der Waals surface area contributed by atoms with Gasteiger partial charge >= 0.3 is 0 Å². The van der Waals surface area contributed by atoms with E-state index in [0.29, 0.717) is 11.8 Å². The molecule has 0 spiro atoms. The van der Waals surface area contributed by atoms with Crippen molar-refractivity contribution in [1.29, 1.82) is 0 Å². The maximum absolute atomic E-state index is 5.37. The van der Waals surface area contributed by atoms with E-state index in [-0.39, 0.29) is 5.92 Å². The minimum atomic E-state index is 0.240. The molecule has 0 bridgehead atoms. The molecule has 0 N–H and O–H groups in total. The Bertz CT molecular complexity index is 2330. The summed E-state index contributed by atoms with van der Waals surface area (Å²) in [5.41, 5.74) is 17.0. The Morgan fingerprint density at radius 1 is 0.679 bits per heavy atom. The molecule has 3 aliphatic rings. The first-order chi connectivity index (χ1) is 27.7. The fourth-order valence-electron chi connectivity index (χ4n) is 8.83. The highest BCUT2D eigenvalue weighted by Crippen LogP contribution is 2.46. The predicted molar refractivity (Wildman–Crippen MR) is 240 cm³/mol. The number of allylic oxidation sites excluding steroid dienone is 10. The van der Waals surface area contributed by atoms with Crippen LogP contribution >= 0.6 is 0 Å². The van der Waals surface area contributed by atoms with Crippen LogP contribution in [0, 0.1) is 5.92 Å². The molecule has 0 radical (unpaired) electrons. The van der Waals surface area contributed by atoms with Crippen molar-refractivity contribution in [3.05, 3.63) is 232 Å². The summed E-state index contributed by atoms with van der Waals surface area (Å²) in [6.45, 7) is 4.47. The van der Waals surface area contributed by atoms with Crippen molar-refractivity contribution >= 4 is 22.6 Å². The van der Waals surface area contributed by atoms with Gasteiger partial charge in [0.15, 0.2) is 0 Å². The zero-order valence-corrected chi connectivity index (χ0v) is 32.9. The van der Waals surface area contributed by atoms with Crippen LogP contribution in [0.3, 0.4) is 0 Å². The first kappa shape index (κ1) is 37.1. The molecular formula is C55H53N. The van der Waals surface area contributed by atoms with Crippen molar-refractivity contribution in [3.63, 3.8) is 0 Å². The minimum Gasteiger partial charge on any atom is -0.253 e. The Morgan fingerprint density at radius 3 is 2.12 bits per heavy atom. The average molecular weight is 728 g/mol. The highest BCUT2D eigenvalue weighted by molar-refractivity contribution is 6.03. The molecule has 5 aromatic rings. The van der Waals surface area contributed by atoms with E-state index in [1.165, 1.54) is 56.5 Å². The lowest BCUT2D eigenvalue weighted by atomic mass is 9.72. The van der Waals surface area contributed by atoms with Gasteiger partial charge in [-0.1, -0.05) is 196 Å². The Morgan fingerprint density at radius 2 is 1.39 bits per heavy atom. The van der Waals surface area contributed by atoms with E-state index >= 15 is 0 Å². The third kappa shape index (κ3) is 8.38.